The van der Waals surface area contributed by atoms with Gasteiger partial charge in [0.15, 0.2) is 6.17 Å². The Hall–Kier alpha value is -0.520. The molecule has 0 amide bonds. The van der Waals surface area contributed by atoms with E-state index < -0.39 is 32.1 Å². The quantitative estimate of drug-likeness (QED) is 0.676. The second-order valence-electron chi connectivity index (χ2n) is 2.89. The predicted octanol–water partition coefficient (Wildman–Crippen LogP) is 2.01. The lowest BCUT2D eigenvalue weighted by Gasteiger charge is -2.19. The van der Waals surface area contributed by atoms with Crippen LogP contribution in [0.4, 0.5) is 8.78 Å². The van der Waals surface area contributed by atoms with Crippen LogP contribution in [-0.4, -0.2) is 42.8 Å². The molecule has 0 saturated carbocycles. The van der Waals surface area contributed by atoms with Crippen molar-refractivity contribution in [2.24, 2.45) is 0 Å². The van der Waals surface area contributed by atoms with Crippen LogP contribution < -0.4 is 0 Å². The van der Waals surface area contributed by atoms with Crippen molar-refractivity contribution < 1.29 is 32.3 Å². The highest BCUT2D eigenvalue weighted by Crippen LogP contribution is 2.49. The number of aliphatic carboxylic acids is 1. The van der Waals surface area contributed by atoms with Crippen molar-refractivity contribution in [3.63, 3.8) is 0 Å². The summed E-state index contributed by atoms with van der Waals surface area (Å²) in [5.74, 6) is -1.94. The smallest absolute Gasteiger partial charge is 0.341 e. The van der Waals surface area contributed by atoms with E-state index in [9.17, 15) is 18.1 Å². The lowest BCUT2D eigenvalue weighted by atomic mass is 10.3. The van der Waals surface area contributed by atoms with E-state index in [0.717, 1.165) is 0 Å². The van der Waals surface area contributed by atoms with Crippen LogP contribution in [0.2, 0.25) is 0 Å². The number of rotatable bonds is 8. The van der Waals surface area contributed by atoms with E-state index in [1.54, 1.807) is 0 Å². The molecule has 0 aliphatic heterocycles. The summed E-state index contributed by atoms with van der Waals surface area (Å²) in [5, 5.41) is 8.22. The number of carboxylic acid groups (broad SMARTS) is 1. The molecule has 0 aromatic carbocycles. The van der Waals surface area contributed by atoms with Crippen molar-refractivity contribution in [3.05, 3.63) is 0 Å². The van der Waals surface area contributed by atoms with Gasteiger partial charge in [-0.2, -0.15) is 0 Å². The zero-order valence-electron chi connectivity index (χ0n) is 9.06. The Morgan fingerprint density at radius 1 is 1.31 bits per heavy atom. The van der Waals surface area contributed by atoms with Gasteiger partial charge in [0.05, 0.1) is 19.4 Å². The second kappa shape index (κ2) is 6.93. The van der Waals surface area contributed by atoms with Gasteiger partial charge in [-0.25, -0.2) is 13.6 Å². The molecule has 0 aliphatic carbocycles. The van der Waals surface area contributed by atoms with Gasteiger partial charge in [-0.1, -0.05) is 0 Å². The van der Waals surface area contributed by atoms with E-state index in [2.05, 4.69) is 0 Å². The van der Waals surface area contributed by atoms with Crippen molar-refractivity contribution in [3.8, 4) is 0 Å². The maximum absolute atomic E-state index is 13.1. The van der Waals surface area contributed by atoms with Gasteiger partial charge in [0.1, 0.15) is 0 Å². The highest BCUT2D eigenvalue weighted by Gasteiger charge is 2.36. The Kier molecular flexibility index (Phi) is 6.71. The summed E-state index contributed by atoms with van der Waals surface area (Å²) in [4.78, 5) is 10.2. The molecule has 0 aromatic heterocycles. The molecule has 1 N–H and O–H groups in total. The third-order valence-corrected chi connectivity index (χ3v) is 3.70. The molecule has 0 bridgehead atoms. The summed E-state index contributed by atoms with van der Waals surface area (Å²) in [5.41, 5.74) is 0. The first-order valence-corrected chi connectivity index (χ1v) is 6.48. The molecule has 96 valence electrons. The van der Waals surface area contributed by atoms with E-state index in [1.807, 2.05) is 0 Å². The molecule has 0 aliphatic rings. The summed E-state index contributed by atoms with van der Waals surface area (Å²) in [7, 11) is -3.75. The first-order chi connectivity index (χ1) is 7.36. The molecule has 0 rings (SSSR count). The Morgan fingerprint density at radius 3 is 2.06 bits per heavy atom. The molecular formula is C8H15F2O5P. The van der Waals surface area contributed by atoms with Crippen LogP contribution in [0.25, 0.3) is 0 Å². The monoisotopic (exact) mass is 260 g/mol. The number of halogens is 2. The zero-order valence-corrected chi connectivity index (χ0v) is 9.95. The van der Waals surface area contributed by atoms with Crippen molar-refractivity contribution in [2.75, 3.05) is 19.4 Å². The number of alkyl halides is 2. The number of hydrogen-bond acceptors (Lipinski definition) is 4. The van der Waals surface area contributed by atoms with Crippen LogP contribution >= 0.6 is 7.60 Å². The van der Waals surface area contributed by atoms with E-state index in [1.165, 1.54) is 13.8 Å². The number of hydrogen-bond donors (Lipinski definition) is 1. The molecule has 0 spiro atoms. The second-order valence-corrected chi connectivity index (χ2v) is 4.99. The Bertz CT molecular complexity index is 263. The van der Waals surface area contributed by atoms with Gasteiger partial charge in [-0.3, -0.25) is 4.57 Å². The van der Waals surface area contributed by atoms with Crippen molar-refractivity contribution in [1.29, 1.82) is 0 Å². The van der Waals surface area contributed by atoms with Crippen LogP contribution in [0.3, 0.4) is 0 Å². The van der Waals surface area contributed by atoms with Gasteiger partial charge in [-0.05, 0) is 13.8 Å². The summed E-state index contributed by atoms with van der Waals surface area (Å²) in [6, 6.07) is 0. The van der Waals surface area contributed by atoms with Gasteiger partial charge < -0.3 is 14.2 Å². The van der Waals surface area contributed by atoms with E-state index in [0.29, 0.717) is 0 Å². The molecule has 0 fully saturated rings. The van der Waals surface area contributed by atoms with Crippen LogP contribution in [0.5, 0.6) is 0 Å². The summed E-state index contributed by atoms with van der Waals surface area (Å²) < 4.78 is 46.9. The molecule has 0 radical (unpaired) electrons. The molecule has 0 heterocycles. The minimum absolute atomic E-state index is 0.00796. The molecule has 16 heavy (non-hydrogen) atoms. The Balaban J connectivity index is 4.50. The lowest BCUT2D eigenvalue weighted by Crippen LogP contribution is -2.29. The molecule has 8 heteroatoms. The minimum atomic E-state index is -3.75. The highest BCUT2D eigenvalue weighted by atomic mass is 31.2. The van der Waals surface area contributed by atoms with Gasteiger partial charge in [0.25, 0.3) is 0 Å². The van der Waals surface area contributed by atoms with Gasteiger partial charge in [-0.15, -0.1) is 0 Å². The first-order valence-electron chi connectivity index (χ1n) is 4.75. The summed E-state index contributed by atoms with van der Waals surface area (Å²) >= 11 is 0. The molecule has 0 saturated heterocycles. The maximum atomic E-state index is 13.1. The largest absolute Gasteiger partial charge is 0.479 e. The molecule has 5 nitrogen and oxygen atoms in total. The van der Waals surface area contributed by atoms with E-state index in [-0.39, 0.29) is 13.2 Å². The Morgan fingerprint density at radius 2 is 1.75 bits per heavy atom. The van der Waals surface area contributed by atoms with E-state index in [4.69, 9.17) is 14.2 Å². The van der Waals surface area contributed by atoms with Crippen molar-refractivity contribution >= 4 is 13.6 Å². The lowest BCUT2D eigenvalue weighted by molar-refractivity contribution is -0.144. The zero-order chi connectivity index (χ0) is 12.8. The number of carbonyl (C=O) groups is 1. The minimum Gasteiger partial charge on any atom is -0.479 e. The third-order valence-electron chi connectivity index (χ3n) is 1.60. The fraction of sp³-hybridized carbons (Fsp3) is 0.875. The average Bonchev–Trinajstić information content (AvgIpc) is 2.16. The molecular weight excluding hydrogens is 245 g/mol. The SMILES string of the molecule is CCOP(=O)(CC(F)C(F)C(=O)O)OCC. The van der Waals surface area contributed by atoms with Crippen LogP contribution in [0, 0.1) is 0 Å². The normalized spacial score (nSPS) is 15.8. The van der Waals surface area contributed by atoms with Crippen LogP contribution in [-0.2, 0) is 18.4 Å². The maximum Gasteiger partial charge on any atom is 0.341 e. The fourth-order valence-electron chi connectivity index (χ4n) is 0.997. The molecule has 0 aromatic rings. The van der Waals surface area contributed by atoms with Crippen LogP contribution in [0.15, 0.2) is 0 Å². The van der Waals surface area contributed by atoms with Gasteiger partial charge in [0.2, 0.25) is 6.17 Å². The first kappa shape index (κ1) is 15.5. The summed E-state index contributed by atoms with van der Waals surface area (Å²) in [6.07, 6.45) is -6.04. The molecule has 2 atom stereocenters. The Labute approximate surface area is 92.3 Å². The summed E-state index contributed by atoms with van der Waals surface area (Å²) in [6.45, 7) is 3.05. The number of carboxylic acids is 1. The topological polar surface area (TPSA) is 72.8 Å². The van der Waals surface area contributed by atoms with Crippen molar-refractivity contribution in [2.45, 2.75) is 26.2 Å². The highest BCUT2D eigenvalue weighted by molar-refractivity contribution is 7.53. The average molecular weight is 260 g/mol. The molecule has 2 unspecified atom stereocenters. The standard InChI is InChI=1S/C8H15F2O5P/c1-3-14-16(13,15-4-2)5-6(9)7(10)8(11)12/h6-7H,3-5H2,1-2H3,(H,11,12). The van der Waals surface area contributed by atoms with E-state index >= 15 is 0 Å². The third kappa shape index (κ3) is 5.01. The van der Waals surface area contributed by atoms with Crippen LogP contribution in [0.1, 0.15) is 13.8 Å². The fourth-order valence-corrected chi connectivity index (χ4v) is 2.68. The van der Waals surface area contributed by atoms with Gasteiger partial charge in [0, 0.05) is 0 Å². The van der Waals surface area contributed by atoms with Crippen molar-refractivity contribution in [1.82, 2.24) is 0 Å². The van der Waals surface area contributed by atoms with Gasteiger partial charge >= 0.3 is 13.6 Å². The predicted molar refractivity (Wildman–Crippen MR) is 53.2 cm³/mol.